The highest BCUT2D eigenvalue weighted by Crippen LogP contribution is 1.79. The van der Waals surface area contributed by atoms with Crippen molar-refractivity contribution < 1.29 is 9.53 Å². The maximum atomic E-state index is 9.68. The van der Waals surface area contributed by atoms with Gasteiger partial charge in [-0.15, -0.1) is 0 Å². The van der Waals surface area contributed by atoms with E-state index in [2.05, 4.69) is 11.2 Å². The summed E-state index contributed by atoms with van der Waals surface area (Å²) < 4.78 is 3.93. The molecule has 0 saturated carbocycles. The van der Waals surface area contributed by atoms with Crippen LogP contribution in [0.25, 0.3) is 0 Å². The monoisotopic (exact) mass is 162 g/mol. The second-order valence-corrected chi connectivity index (χ2v) is 1.87. The van der Waals surface area contributed by atoms with E-state index in [1.54, 1.807) is 6.11 Å². The molecule has 0 unspecified atom stereocenters. The maximum absolute atomic E-state index is 9.68. The topological polar surface area (TPSA) is 26.3 Å². The molecule has 1 rings (SSSR count). The second-order valence-electron chi connectivity index (χ2n) is 1.87. The molecular formula is C10H10O2. The molecule has 0 aliphatic rings. The van der Waals surface area contributed by atoms with Crippen molar-refractivity contribution in [3.8, 4) is 12.5 Å². The van der Waals surface area contributed by atoms with Gasteiger partial charge in [0.15, 0.2) is 0 Å². The van der Waals surface area contributed by atoms with Gasteiger partial charge in [-0.3, -0.25) is 4.79 Å². The van der Waals surface area contributed by atoms with Crippen LogP contribution in [0.4, 0.5) is 0 Å². The highest BCUT2D eigenvalue weighted by atomic mass is 16.5. The second kappa shape index (κ2) is 7.36. The van der Waals surface area contributed by atoms with Gasteiger partial charge in [-0.05, 0) is 0 Å². The van der Waals surface area contributed by atoms with Crippen molar-refractivity contribution in [2.45, 2.75) is 6.92 Å². The zero-order chi connectivity index (χ0) is 9.23. The van der Waals surface area contributed by atoms with E-state index in [1.807, 2.05) is 36.4 Å². The predicted octanol–water partition coefficient (Wildman–Crippen LogP) is 1.83. The molecule has 0 fully saturated rings. The van der Waals surface area contributed by atoms with Gasteiger partial charge in [-0.1, -0.05) is 42.8 Å². The largest absolute Gasteiger partial charge is 0.373 e. The molecular weight excluding hydrogens is 152 g/mol. The van der Waals surface area contributed by atoms with Crippen LogP contribution < -0.4 is 0 Å². The summed E-state index contributed by atoms with van der Waals surface area (Å²) in [5.74, 6) is -0.447. The third-order valence-electron chi connectivity index (χ3n) is 0.869. The van der Waals surface area contributed by atoms with Gasteiger partial charge in [0.1, 0.15) is 6.11 Å². The van der Waals surface area contributed by atoms with Gasteiger partial charge in [-0.25, -0.2) is 0 Å². The van der Waals surface area contributed by atoms with Crippen LogP contribution in [0, 0.1) is 12.5 Å². The molecule has 0 spiro atoms. The van der Waals surface area contributed by atoms with Crippen LogP contribution in [0.3, 0.4) is 0 Å². The van der Waals surface area contributed by atoms with E-state index in [1.165, 1.54) is 6.92 Å². The smallest absolute Gasteiger partial charge is 0.316 e. The molecule has 1 aromatic carbocycles. The average Bonchev–Trinajstić information content (AvgIpc) is 2.08. The molecule has 12 heavy (non-hydrogen) atoms. The fraction of sp³-hybridized carbons (Fsp3) is 0.100. The van der Waals surface area contributed by atoms with Crippen LogP contribution in [0.1, 0.15) is 6.92 Å². The van der Waals surface area contributed by atoms with Crippen LogP contribution >= 0.6 is 0 Å². The fourth-order valence-corrected chi connectivity index (χ4v) is 0.468. The number of rotatable bonds is 0. The van der Waals surface area contributed by atoms with E-state index < -0.39 is 5.97 Å². The van der Waals surface area contributed by atoms with Crippen molar-refractivity contribution in [3.05, 3.63) is 36.4 Å². The summed E-state index contributed by atoms with van der Waals surface area (Å²) in [4.78, 5) is 9.68. The number of benzene rings is 1. The molecule has 62 valence electrons. The van der Waals surface area contributed by atoms with Gasteiger partial charge in [-0.2, -0.15) is 0 Å². The van der Waals surface area contributed by atoms with Crippen molar-refractivity contribution in [2.24, 2.45) is 0 Å². The minimum Gasteiger partial charge on any atom is -0.373 e. The first-order chi connectivity index (χ1) is 5.77. The molecule has 0 aliphatic carbocycles. The predicted molar refractivity (Wildman–Crippen MR) is 47.0 cm³/mol. The summed E-state index contributed by atoms with van der Waals surface area (Å²) >= 11 is 0. The summed E-state index contributed by atoms with van der Waals surface area (Å²) in [5.41, 5.74) is 0. The Bertz CT molecular complexity index is 220. The molecule has 0 aliphatic heterocycles. The van der Waals surface area contributed by atoms with Gasteiger partial charge in [0.05, 0.1) is 0 Å². The molecule has 0 N–H and O–H groups in total. The first-order valence-electron chi connectivity index (χ1n) is 3.40. The van der Waals surface area contributed by atoms with E-state index in [4.69, 9.17) is 0 Å². The molecule has 2 heteroatoms. The highest BCUT2D eigenvalue weighted by molar-refractivity contribution is 5.67. The summed E-state index contributed by atoms with van der Waals surface area (Å²) in [5, 5.41) is 0. The van der Waals surface area contributed by atoms with Crippen LogP contribution in [0.5, 0.6) is 0 Å². The van der Waals surface area contributed by atoms with E-state index in [9.17, 15) is 4.79 Å². The van der Waals surface area contributed by atoms with E-state index in [-0.39, 0.29) is 0 Å². The Hall–Kier alpha value is -1.75. The molecule has 0 bridgehead atoms. The lowest BCUT2D eigenvalue weighted by molar-refractivity contribution is -0.134. The highest BCUT2D eigenvalue weighted by Gasteiger charge is 1.80. The summed E-state index contributed by atoms with van der Waals surface area (Å²) in [7, 11) is 0. The van der Waals surface area contributed by atoms with Gasteiger partial charge < -0.3 is 4.74 Å². The number of carbonyl (C=O) groups excluding carboxylic acids is 1. The van der Waals surface area contributed by atoms with Crippen LogP contribution in [-0.4, -0.2) is 5.97 Å². The van der Waals surface area contributed by atoms with Crippen LogP contribution in [-0.2, 0) is 9.53 Å². The van der Waals surface area contributed by atoms with Crippen molar-refractivity contribution in [1.29, 1.82) is 0 Å². The Labute approximate surface area is 72.2 Å². The van der Waals surface area contributed by atoms with E-state index in [0.29, 0.717) is 0 Å². The van der Waals surface area contributed by atoms with Gasteiger partial charge in [0.2, 0.25) is 0 Å². The number of hydrogen-bond acceptors (Lipinski definition) is 2. The average molecular weight is 162 g/mol. The summed E-state index contributed by atoms with van der Waals surface area (Å²) in [6.45, 7) is 1.25. The molecule has 0 saturated heterocycles. The third-order valence-corrected chi connectivity index (χ3v) is 0.869. The Morgan fingerprint density at radius 1 is 1.17 bits per heavy atom. The van der Waals surface area contributed by atoms with Gasteiger partial charge >= 0.3 is 5.97 Å². The zero-order valence-electron chi connectivity index (χ0n) is 6.86. The number of terminal acetylenes is 1. The Kier molecular flexibility index (Phi) is 6.29. The lowest BCUT2D eigenvalue weighted by atomic mass is 10.4. The lowest BCUT2D eigenvalue weighted by Gasteiger charge is -1.78. The van der Waals surface area contributed by atoms with E-state index >= 15 is 0 Å². The quantitative estimate of drug-likeness (QED) is 0.429. The van der Waals surface area contributed by atoms with Gasteiger partial charge in [0.25, 0.3) is 0 Å². The number of esters is 1. The standard InChI is InChI=1S/C6H6.C4H4O2/c1-2-4-6-5-3-1;1-3-6-4(2)5/h1-6H;1H,2H3. The van der Waals surface area contributed by atoms with E-state index in [0.717, 1.165) is 0 Å². The third kappa shape index (κ3) is 8.25. The molecule has 0 atom stereocenters. The van der Waals surface area contributed by atoms with Crippen LogP contribution in [0.15, 0.2) is 36.4 Å². The minimum atomic E-state index is -0.447. The molecule has 1 aromatic rings. The van der Waals surface area contributed by atoms with Crippen molar-refractivity contribution >= 4 is 5.97 Å². The summed E-state index contributed by atoms with van der Waals surface area (Å²) in [6.07, 6.45) is 6.25. The first kappa shape index (κ1) is 10.2. The molecule has 2 nitrogen and oxygen atoms in total. The Morgan fingerprint density at radius 3 is 1.58 bits per heavy atom. The van der Waals surface area contributed by atoms with Crippen molar-refractivity contribution in [1.82, 2.24) is 0 Å². The number of carbonyl (C=O) groups is 1. The maximum Gasteiger partial charge on any atom is 0.316 e. The Morgan fingerprint density at radius 2 is 1.50 bits per heavy atom. The zero-order valence-corrected chi connectivity index (χ0v) is 6.86. The first-order valence-corrected chi connectivity index (χ1v) is 3.40. The Balaban J connectivity index is 0.000000202. The molecule has 0 amide bonds. The SMILES string of the molecule is C#COC(C)=O.c1ccccc1. The minimum absolute atomic E-state index is 0.447. The normalized spacial score (nSPS) is 7.00. The lowest BCUT2D eigenvalue weighted by Crippen LogP contribution is -1.88. The molecule has 0 heterocycles. The number of hydrogen-bond donors (Lipinski definition) is 0. The molecule has 0 aromatic heterocycles. The van der Waals surface area contributed by atoms with Crippen molar-refractivity contribution in [2.75, 3.05) is 0 Å². The van der Waals surface area contributed by atoms with Crippen LogP contribution in [0.2, 0.25) is 0 Å². The molecule has 0 radical (unpaired) electrons. The summed E-state index contributed by atoms with van der Waals surface area (Å²) in [6, 6.07) is 12.0. The fourth-order valence-electron chi connectivity index (χ4n) is 0.468. The number of ether oxygens (including phenoxy) is 1. The van der Waals surface area contributed by atoms with Crippen molar-refractivity contribution in [3.63, 3.8) is 0 Å². The van der Waals surface area contributed by atoms with Gasteiger partial charge in [0, 0.05) is 6.92 Å².